The predicted molar refractivity (Wildman–Crippen MR) is 84.7 cm³/mol. The van der Waals surface area contributed by atoms with Crippen molar-refractivity contribution in [3.63, 3.8) is 0 Å². The average Bonchev–Trinajstić information content (AvgIpc) is 2.46. The highest BCUT2D eigenvalue weighted by Gasteiger charge is 2.26. The van der Waals surface area contributed by atoms with E-state index in [4.69, 9.17) is 0 Å². The molecule has 0 aromatic heterocycles. The maximum Gasteiger partial charge on any atom is 0.240 e. The van der Waals surface area contributed by atoms with E-state index < -0.39 is 45.6 Å². The van der Waals surface area contributed by atoms with Gasteiger partial charge in [0.05, 0.1) is 11.9 Å². The van der Waals surface area contributed by atoms with E-state index in [1.807, 2.05) is 19.0 Å². The van der Waals surface area contributed by atoms with E-state index in [9.17, 15) is 26.4 Å². The molecule has 0 heterocycles. The number of amides is 1. The van der Waals surface area contributed by atoms with Crippen molar-refractivity contribution < 1.29 is 26.4 Å². The Morgan fingerprint density at radius 3 is 2.33 bits per heavy atom. The number of benzene rings is 1. The second-order valence-electron chi connectivity index (χ2n) is 5.47. The Hall–Kier alpha value is -1.81. The molecule has 1 aromatic carbocycles. The normalized spacial score (nSPS) is 11.6. The monoisotopic (exact) mass is 367 g/mol. The molecule has 0 spiro atoms. The summed E-state index contributed by atoms with van der Waals surface area (Å²) in [6, 6.07) is 1.37. The first-order chi connectivity index (χ1) is 11.0. The number of nitrogens with one attached hydrogen (secondary N) is 1. The lowest BCUT2D eigenvalue weighted by Gasteiger charge is -2.22. The fourth-order valence-corrected chi connectivity index (χ4v) is 2.75. The van der Waals surface area contributed by atoms with Crippen LogP contribution in [0.15, 0.2) is 12.1 Å². The molecule has 10 heteroatoms. The Balaban J connectivity index is 2.89. The summed E-state index contributed by atoms with van der Waals surface area (Å²) in [6.07, 6.45) is 1.38. The van der Waals surface area contributed by atoms with Crippen LogP contribution in [0.3, 0.4) is 0 Å². The Bertz CT molecular complexity index is 696. The summed E-state index contributed by atoms with van der Waals surface area (Å²) in [4.78, 5) is 13.8. The van der Waals surface area contributed by atoms with Crippen LogP contribution < -0.4 is 9.62 Å². The number of rotatable bonds is 8. The van der Waals surface area contributed by atoms with Crippen LogP contribution in [0, 0.1) is 17.5 Å². The fraction of sp³-hybridized carbons (Fsp3) is 0.500. The van der Waals surface area contributed by atoms with Crippen LogP contribution in [-0.4, -0.2) is 59.2 Å². The van der Waals surface area contributed by atoms with Crippen LogP contribution in [0.1, 0.15) is 6.42 Å². The minimum absolute atomic E-state index is 0.300. The molecule has 0 saturated heterocycles. The predicted octanol–water partition coefficient (Wildman–Crippen LogP) is 0.938. The average molecular weight is 367 g/mol. The van der Waals surface area contributed by atoms with Crippen LogP contribution in [-0.2, 0) is 14.8 Å². The third-order valence-corrected chi connectivity index (χ3v) is 4.20. The zero-order chi connectivity index (χ0) is 18.5. The second-order valence-corrected chi connectivity index (χ2v) is 7.38. The number of carbonyl (C=O) groups is 1. The van der Waals surface area contributed by atoms with Gasteiger partial charge in [0.2, 0.25) is 15.9 Å². The summed E-state index contributed by atoms with van der Waals surface area (Å²) in [5, 5.41) is 2.49. The minimum Gasteiger partial charge on any atom is -0.354 e. The van der Waals surface area contributed by atoms with E-state index >= 15 is 0 Å². The van der Waals surface area contributed by atoms with Gasteiger partial charge in [0, 0.05) is 6.54 Å². The summed E-state index contributed by atoms with van der Waals surface area (Å²) in [5.74, 6) is -5.59. The number of anilines is 1. The summed E-state index contributed by atoms with van der Waals surface area (Å²) < 4.78 is 64.1. The van der Waals surface area contributed by atoms with Crippen LogP contribution in [0.4, 0.5) is 18.9 Å². The van der Waals surface area contributed by atoms with E-state index in [1.54, 1.807) is 0 Å². The molecule has 0 aliphatic rings. The number of halogens is 3. The fourth-order valence-electron chi connectivity index (χ4n) is 1.90. The molecule has 1 N–H and O–H groups in total. The number of sulfonamides is 1. The zero-order valence-electron chi connectivity index (χ0n) is 13.6. The third kappa shape index (κ3) is 5.68. The zero-order valence-corrected chi connectivity index (χ0v) is 14.5. The molecule has 0 atom stereocenters. The van der Waals surface area contributed by atoms with Gasteiger partial charge >= 0.3 is 0 Å². The highest BCUT2D eigenvalue weighted by molar-refractivity contribution is 7.92. The van der Waals surface area contributed by atoms with Gasteiger partial charge in [0.25, 0.3) is 0 Å². The number of hydrogen-bond donors (Lipinski definition) is 1. The molecule has 1 aromatic rings. The highest BCUT2D eigenvalue weighted by atomic mass is 32.2. The minimum atomic E-state index is -4.07. The van der Waals surface area contributed by atoms with Crippen molar-refractivity contribution in [1.82, 2.24) is 10.2 Å². The van der Waals surface area contributed by atoms with Gasteiger partial charge < -0.3 is 10.2 Å². The lowest BCUT2D eigenvalue weighted by Crippen LogP contribution is -2.41. The summed E-state index contributed by atoms with van der Waals surface area (Å²) in [6.45, 7) is 0.283. The van der Waals surface area contributed by atoms with Gasteiger partial charge in [0.1, 0.15) is 6.54 Å². The molecule has 24 heavy (non-hydrogen) atoms. The van der Waals surface area contributed by atoms with E-state index in [-0.39, 0.29) is 0 Å². The lowest BCUT2D eigenvalue weighted by atomic mass is 10.2. The van der Waals surface area contributed by atoms with Crippen LogP contribution in [0.5, 0.6) is 0 Å². The highest BCUT2D eigenvalue weighted by Crippen LogP contribution is 2.25. The van der Waals surface area contributed by atoms with Gasteiger partial charge in [0.15, 0.2) is 17.5 Å². The summed E-state index contributed by atoms with van der Waals surface area (Å²) in [7, 11) is -0.354. The van der Waals surface area contributed by atoms with Gasteiger partial charge in [-0.25, -0.2) is 21.6 Å². The molecule has 0 bridgehead atoms. The van der Waals surface area contributed by atoms with E-state index in [0.29, 0.717) is 29.9 Å². The van der Waals surface area contributed by atoms with E-state index in [1.165, 1.54) is 0 Å². The molecule has 0 fully saturated rings. The van der Waals surface area contributed by atoms with Crippen molar-refractivity contribution in [3.8, 4) is 0 Å². The summed E-state index contributed by atoms with van der Waals surface area (Å²) >= 11 is 0. The molecular formula is C14H20F3N3O3S. The molecule has 0 saturated carbocycles. The topological polar surface area (TPSA) is 69.7 Å². The van der Waals surface area contributed by atoms with E-state index in [0.717, 1.165) is 12.3 Å². The van der Waals surface area contributed by atoms with Crippen molar-refractivity contribution in [2.45, 2.75) is 6.42 Å². The number of hydrogen-bond acceptors (Lipinski definition) is 4. The maximum absolute atomic E-state index is 13.8. The number of carbonyl (C=O) groups excluding carboxylic acids is 1. The van der Waals surface area contributed by atoms with Crippen molar-refractivity contribution in [2.75, 3.05) is 44.3 Å². The Kier molecular flexibility index (Phi) is 7.03. The van der Waals surface area contributed by atoms with Gasteiger partial charge in [-0.2, -0.15) is 0 Å². The van der Waals surface area contributed by atoms with Crippen molar-refractivity contribution in [2.24, 2.45) is 0 Å². The number of nitrogens with zero attached hydrogens (tertiary/aromatic N) is 2. The van der Waals surface area contributed by atoms with Crippen molar-refractivity contribution in [1.29, 1.82) is 0 Å². The van der Waals surface area contributed by atoms with Crippen LogP contribution >= 0.6 is 0 Å². The largest absolute Gasteiger partial charge is 0.354 e. The SMILES string of the molecule is CN(C)CCCNC(=O)CN(c1ccc(F)c(F)c1F)S(C)(=O)=O. The van der Waals surface area contributed by atoms with Gasteiger partial charge in [-0.05, 0) is 39.2 Å². The molecule has 1 rings (SSSR count). The summed E-state index contributed by atoms with van der Waals surface area (Å²) in [5.41, 5.74) is -0.722. The van der Waals surface area contributed by atoms with Gasteiger partial charge in [-0.15, -0.1) is 0 Å². The Labute approximate surface area is 139 Å². The first kappa shape index (κ1) is 20.2. The Morgan fingerprint density at radius 2 is 1.79 bits per heavy atom. The van der Waals surface area contributed by atoms with Crippen LogP contribution in [0.25, 0.3) is 0 Å². The van der Waals surface area contributed by atoms with Gasteiger partial charge in [-0.3, -0.25) is 9.10 Å². The molecule has 0 aliphatic heterocycles. The molecule has 0 aliphatic carbocycles. The quantitative estimate of drug-likeness (QED) is 0.548. The first-order valence-corrected chi connectivity index (χ1v) is 8.91. The maximum atomic E-state index is 13.8. The standard InChI is InChI=1S/C14H20F3N3O3S/c1-19(2)8-4-7-18-12(21)9-20(24(3,22)23)11-6-5-10(15)13(16)14(11)17/h5-6H,4,7-9H2,1-3H3,(H,18,21). The first-order valence-electron chi connectivity index (χ1n) is 7.06. The molecule has 0 radical (unpaired) electrons. The molecule has 1 amide bonds. The lowest BCUT2D eigenvalue weighted by molar-refractivity contribution is -0.119. The molecule has 6 nitrogen and oxygen atoms in total. The van der Waals surface area contributed by atoms with Crippen molar-refractivity contribution in [3.05, 3.63) is 29.6 Å². The third-order valence-electron chi connectivity index (χ3n) is 3.08. The van der Waals surface area contributed by atoms with Gasteiger partial charge in [-0.1, -0.05) is 0 Å². The molecule has 0 unspecified atom stereocenters. The smallest absolute Gasteiger partial charge is 0.240 e. The molecular weight excluding hydrogens is 347 g/mol. The molecule has 136 valence electrons. The van der Waals surface area contributed by atoms with E-state index in [2.05, 4.69) is 5.32 Å². The Morgan fingerprint density at radius 1 is 1.17 bits per heavy atom. The van der Waals surface area contributed by atoms with Crippen LogP contribution in [0.2, 0.25) is 0 Å². The second kappa shape index (κ2) is 8.34. The van der Waals surface area contributed by atoms with Crippen molar-refractivity contribution >= 4 is 21.6 Å².